The molecule has 1 aliphatic rings. The summed E-state index contributed by atoms with van der Waals surface area (Å²) in [7, 11) is 1.88. The molecule has 172 valence electrons. The molecule has 0 bridgehead atoms. The second kappa shape index (κ2) is 11.5. The first-order chi connectivity index (χ1) is 15.5. The van der Waals surface area contributed by atoms with Gasteiger partial charge in [-0.25, -0.2) is 4.98 Å². The van der Waals surface area contributed by atoms with Crippen molar-refractivity contribution in [3.8, 4) is 5.75 Å². The molecule has 1 fully saturated rings. The topological polar surface area (TPSA) is 74.8 Å². The highest BCUT2D eigenvalue weighted by Crippen LogP contribution is 2.25. The van der Waals surface area contributed by atoms with E-state index in [9.17, 15) is 9.59 Å². The van der Waals surface area contributed by atoms with E-state index in [0.717, 1.165) is 30.8 Å². The van der Waals surface area contributed by atoms with Crippen LogP contribution < -0.4 is 10.1 Å². The molecule has 0 spiro atoms. The van der Waals surface area contributed by atoms with Crippen molar-refractivity contribution in [1.82, 2.24) is 14.8 Å². The third kappa shape index (κ3) is 5.99. The van der Waals surface area contributed by atoms with Gasteiger partial charge in [-0.05, 0) is 62.6 Å². The maximum absolute atomic E-state index is 13.2. The van der Waals surface area contributed by atoms with Gasteiger partial charge in [0.05, 0.1) is 12.2 Å². The van der Waals surface area contributed by atoms with Crippen LogP contribution in [0.1, 0.15) is 49.9 Å². The molecule has 7 nitrogen and oxygen atoms in total. The van der Waals surface area contributed by atoms with Gasteiger partial charge < -0.3 is 19.9 Å². The van der Waals surface area contributed by atoms with Gasteiger partial charge in [0.15, 0.2) is 0 Å². The van der Waals surface area contributed by atoms with Crippen molar-refractivity contribution in [1.29, 1.82) is 0 Å². The van der Waals surface area contributed by atoms with E-state index >= 15 is 0 Å². The number of carbonyl (C=O) groups excluding carboxylic acids is 2. The fourth-order valence-corrected chi connectivity index (χ4v) is 3.93. The van der Waals surface area contributed by atoms with E-state index in [1.165, 1.54) is 0 Å². The predicted octanol–water partition coefficient (Wildman–Crippen LogP) is 4.33. The lowest BCUT2D eigenvalue weighted by Gasteiger charge is -2.33. The molecule has 0 radical (unpaired) electrons. The minimum atomic E-state index is -0.0585. The molecule has 0 atom stereocenters. The number of benzene rings is 1. The molecule has 1 aliphatic heterocycles. The van der Waals surface area contributed by atoms with Crippen LogP contribution in [0.25, 0.3) is 0 Å². The highest BCUT2D eigenvalue weighted by Gasteiger charge is 2.30. The van der Waals surface area contributed by atoms with Crippen molar-refractivity contribution in [2.45, 2.75) is 39.5 Å². The number of ether oxygens (including phenoxy) is 1. The molecule has 0 unspecified atom stereocenters. The number of carbonyl (C=O) groups is 2. The number of rotatable bonds is 9. The van der Waals surface area contributed by atoms with Gasteiger partial charge in [-0.3, -0.25) is 9.59 Å². The second-order valence-corrected chi connectivity index (χ2v) is 8.16. The van der Waals surface area contributed by atoms with Gasteiger partial charge in [-0.15, -0.1) is 0 Å². The Morgan fingerprint density at radius 3 is 2.53 bits per heavy atom. The standard InChI is InChI=1S/C25H34N4O3/c1-4-6-16-28(3)24(30)19-13-17-29(18-14-19)25(31)22-8-7-15-26-23(22)27-20-9-11-21(12-10-20)32-5-2/h7-12,15,19H,4-6,13-14,16-18H2,1-3H3,(H,26,27). The lowest BCUT2D eigenvalue weighted by atomic mass is 9.95. The van der Waals surface area contributed by atoms with Gasteiger partial charge in [-0.2, -0.15) is 0 Å². The number of hydrogen-bond acceptors (Lipinski definition) is 5. The Bertz CT molecular complexity index is 892. The first kappa shape index (κ1) is 23.6. The van der Waals surface area contributed by atoms with Crippen molar-refractivity contribution in [2.75, 3.05) is 38.6 Å². The van der Waals surface area contributed by atoms with E-state index in [2.05, 4.69) is 17.2 Å². The van der Waals surface area contributed by atoms with Crippen LogP contribution in [0.3, 0.4) is 0 Å². The van der Waals surface area contributed by atoms with Gasteiger partial charge in [0.2, 0.25) is 5.91 Å². The third-order valence-corrected chi connectivity index (χ3v) is 5.82. The van der Waals surface area contributed by atoms with Crippen LogP contribution >= 0.6 is 0 Å². The largest absolute Gasteiger partial charge is 0.494 e. The Morgan fingerprint density at radius 1 is 1.16 bits per heavy atom. The number of likely N-dealkylation sites (tertiary alicyclic amines) is 1. The molecular formula is C25H34N4O3. The van der Waals surface area contributed by atoms with Crippen molar-refractivity contribution in [2.24, 2.45) is 5.92 Å². The molecule has 1 N–H and O–H groups in total. The molecule has 2 aromatic rings. The smallest absolute Gasteiger partial charge is 0.257 e. The molecule has 2 heterocycles. The number of nitrogens with zero attached hydrogens (tertiary/aromatic N) is 3. The van der Waals surface area contributed by atoms with Crippen LogP contribution in [-0.2, 0) is 4.79 Å². The summed E-state index contributed by atoms with van der Waals surface area (Å²) < 4.78 is 5.48. The lowest BCUT2D eigenvalue weighted by molar-refractivity contribution is -0.135. The summed E-state index contributed by atoms with van der Waals surface area (Å²) in [6, 6.07) is 11.1. The quantitative estimate of drug-likeness (QED) is 0.631. The maximum atomic E-state index is 13.2. The zero-order valence-corrected chi connectivity index (χ0v) is 19.3. The summed E-state index contributed by atoms with van der Waals surface area (Å²) in [5.74, 6) is 1.46. The molecule has 0 saturated carbocycles. The second-order valence-electron chi connectivity index (χ2n) is 8.16. The summed E-state index contributed by atoms with van der Waals surface area (Å²) in [5.41, 5.74) is 1.37. The minimum Gasteiger partial charge on any atom is -0.494 e. The zero-order chi connectivity index (χ0) is 22.9. The number of unbranched alkanes of at least 4 members (excludes halogenated alkanes) is 1. The van der Waals surface area contributed by atoms with Gasteiger partial charge in [-0.1, -0.05) is 13.3 Å². The molecule has 7 heteroatoms. The minimum absolute atomic E-state index is 0.00347. The summed E-state index contributed by atoms with van der Waals surface area (Å²) in [6.07, 6.45) is 5.16. The summed E-state index contributed by atoms with van der Waals surface area (Å²) in [4.78, 5) is 34.0. The van der Waals surface area contributed by atoms with E-state index in [1.54, 1.807) is 18.3 Å². The lowest BCUT2D eigenvalue weighted by Crippen LogP contribution is -2.43. The molecule has 1 saturated heterocycles. The normalized spacial score (nSPS) is 14.2. The Kier molecular flexibility index (Phi) is 8.48. The van der Waals surface area contributed by atoms with Gasteiger partial charge >= 0.3 is 0 Å². The molecule has 1 aromatic heterocycles. The number of piperidine rings is 1. The number of anilines is 2. The molecule has 2 amide bonds. The van der Waals surface area contributed by atoms with Gasteiger partial charge in [0.25, 0.3) is 5.91 Å². The Hall–Kier alpha value is -3.09. The van der Waals surface area contributed by atoms with Crippen LogP contribution in [-0.4, -0.2) is 59.9 Å². The molecule has 32 heavy (non-hydrogen) atoms. The van der Waals surface area contributed by atoms with Crippen LogP contribution in [0.15, 0.2) is 42.6 Å². The monoisotopic (exact) mass is 438 g/mol. The zero-order valence-electron chi connectivity index (χ0n) is 19.3. The molecule has 1 aromatic carbocycles. The number of hydrogen-bond donors (Lipinski definition) is 1. The van der Waals surface area contributed by atoms with Gasteiger partial charge in [0.1, 0.15) is 11.6 Å². The maximum Gasteiger partial charge on any atom is 0.257 e. The van der Waals surface area contributed by atoms with Crippen molar-refractivity contribution in [3.05, 3.63) is 48.2 Å². The number of pyridine rings is 1. The van der Waals surface area contributed by atoms with E-state index < -0.39 is 0 Å². The summed E-state index contributed by atoms with van der Waals surface area (Å²) in [6.45, 7) is 6.64. The summed E-state index contributed by atoms with van der Waals surface area (Å²) in [5, 5.41) is 3.25. The molecule has 3 rings (SSSR count). The van der Waals surface area contributed by atoms with Crippen LogP contribution in [0.4, 0.5) is 11.5 Å². The SMILES string of the molecule is CCCCN(C)C(=O)C1CCN(C(=O)c2cccnc2Nc2ccc(OCC)cc2)CC1. The van der Waals surface area contributed by atoms with Gasteiger partial charge in [0, 0.05) is 44.5 Å². The first-order valence-corrected chi connectivity index (χ1v) is 11.5. The highest BCUT2D eigenvalue weighted by molar-refractivity contribution is 5.99. The van der Waals surface area contributed by atoms with Crippen LogP contribution in [0.2, 0.25) is 0 Å². The van der Waals surface area contributed by atoms with Crippen molar-refractivity contribution < 1.29 is 14.3 Å². The number of nitrogens with one attached hydrogen (secondary N) is 1. The Labute approximate surface area is 190 Å². The fraction of sp³-hybridized carbons (Fsp3) is 0.480. The van der Waals surface area contributed by atoms with E-state index in [0.29, 0.717) is 43.9 Å². The number of amides is 2. The fourth-order valence-electron chi connectivity index (χ4n) is 3.93. The van der Waals surface area contributed by atoms with E-state index in [1.807, 2.05) is 48.0 Å². The Balaban J connectivity index is 1.62. The van der Waals surface area contributed by atoms with Crippen molar-refractivity contribution >= 4 is 23.3 Å². The first-order valence-electron chi connectivity index (χ1n) is 11.5. The van der Waals surface area contributed by atoms with Crippen molar-refractivity contribution in [3.63, 3.8) is 0 Å². The van der Waals surface area contributed by atoms with Crippen LogP contribution in [0.5, 0.6) is 5.75 Å². The average molecular weight is 439 g/mol. The molecular weight excluding hydrogens is 404 g/mol. The highest BCUT2D eigenvalue weighted by atomic mass is 16.5. The molecule has 0 aliphatic carbocycles. The third-order valence-electron chi connectivity index (χ3n) is 5.82. The Morgan fingerprint density at radius 2 is 1.88 bits per heavy atom. The number of aromatic nitrogens is 1. The summed E-state index contributed by atoms with van der Waals surface area (Å²) >= 11 is 0. The van der Waals surface area contributed by atoms with E-state index in [-0.39, 0.29) is 17.7 Å². The average Bonchev–Trinajstić information content (AvgIpc) is 2.83. The predicted molar refractivity (Wildman–Crippen MR) is 126 cm³/mol. The van der Waals surface area contributed by atoms with Crippen LogP contribution in [0, 0.1) is 5.92 Å². The van der Waals surface area contributed by atoms with E-state index in [4.69, 9.17) is 4.74 Å².